The predicted molar refractivity (Wildman–Crippen MR) is 159 cm³/mol. The Morgan fingerprint density at radius 3 is 2.29 bits per heavy atom. The first-order valence-corrected chi connectivity index (χ1v) is 15.0. The van der Waals surface area contributed by atoms with E-state index >= 15 is 0 Å². The first-order chi connectivity index (χ1) is 18.4. The van der Waals surface area contributed by atoms with Crippen LogP contribution in [0.3, 0.4) is 0 Å². The SMILES string of the molecule is Cc1cccc(CSCC(=O)N(Cc2c(Cl)cccc2Cl)C(Cc2ccccc2)C(=O)NC2CCCC2)c1. The summed E-state index contributed by atoms with van der Waals surface area (Å²) in [5, 5.41) is 4.20. The molecule has 1 saturated carbocycles. The number of carbonyl (C=O) groups excluding carboxylic acids is 2. The number of carbonyl (C=O) groups is 2. The monoisotopic (exact) mass is 568 g/mol. The van der Waals surface area contributed by atoms with Crippen LogP contribution in [0.4, 0.5) is 0 Å². The zero-order valence-electron chi connectivity index (χ0n) is 21.7. The molecule has 0 bridgehead atoms. The molecule has 1 fully saturated rings. The van der Waals surface area contributed by atoms with Crippen LogP contribution in [-0.4, -0.2) is 34.6 Å². The Hall–Kier alpha value is -2.47. The van der Waals surface area contributed by atoms with Gasteiger partial charge in [-0.2, -0.15) is 0 Å². The molecule has 0 heterocycles. The Bertz CT molecular complexity index is 1210. The number of hydrogen-bond acceptors (Lipinski definition) is 3. The standard InChI is InChI=1S/C31H34Cl2N2O2S/c1-22-9-7-12-24(17-22)20-38-21-30(36)35(19-26-27(32)15-8-16-28(26)33)29(18-23-10-3-2-4-11-23)31(37)34-25-13-5-6-14-25/h2-4,7-12,15-17,25,29H,5-6,13-14,18-21H2,1H3,(H,34,37). The molecule has 1 N–H and O–H groups in total. The molecule has 7 heteroatoms. The lowest BCUT2D eigenvalue weighted by Gasteiger charge is -2.33. The van der Waals surface area contributed by atoms with Crippen molar-refractivity contribution in [3.8, 4) is 0 Å². The van der Waals surface area contributed by atoms with Crippen molar-refractivity contribution in [2.75, 3.05) is 5.75 Å². The second kappa shape index (κ2) is 14.1. The van der Waals surface area contributed by atoms with Crippen molar-refractivity contribution in [2.24, 2.45) is 0 Å². The first kappa shape index (κ1) is 28.5. The van der Waals surface area contributed by atoms with Gasteiger partial charge in [-0.3, -0.25) is 9.59 Å². The fraction of sp³-hybridized carbons (Fsp3) is 0.355. The molecule has 1 aliphatic carbocycles. The van der Waals surface area contributed by atoms with Crippen LogP contribution in [0.25, 0.3) is 0 Å². The van der Waals surface area contributed by atoms with Crippen molar-refractivity contribution in [3.05, 3.63) is 105 Å². The highest BCUT2D eigenvalue weighted by atomic mass is 35.5. The largest absolute Gasteiger partial charge is 0.352 e. The molecule has 0 aliphatic heterocycles. The second-order valence-corrected chi connectivity index (χ2v) is 11.7. The minimum absolute atomic E-state index is 0.110. The second-order valence-electron chi connectivity index (χ2n) is 9.90. The van der Waals surface area contributed by atoms with Crippen molar-refractivity contribution in [3.63, 3.8) is 0 Å². The van der Waals surface area contributed by atoms with Crippen LogP contribution in [0.5, 0.6) is 0 Å². The van der Waals surface area contributed by atoms with Gasteiger partial charge in [0.15, 0.2) is 0 Å². The summed E-state index contributed by atoms with van der Waals surface area (Å²) in [4.78, 5) is 29.3. The smallest absolute Gasteiger partial charge is 0.243 e. The van der Waals surface area contributed by atoms with E-state index in [0.717, 1.165) is 31.2 Å². The molecule has 0 spiro atoms. The van der Waals surface area contributed by atoms with Crippen LogP contribution >= 0.6 is 35.0 Å². The van der Waals surface area contributed by atoms with E-state index in [1.807, 2.05) is 36.4 Å². The lowest BCUT2D eigenvalue weighted by molar-refractivity contribution is -0.139. The molecule has 0 saturated heterocycles. The van der Waals surface area contributed by atoms with Gasteiger partial charge in [0.25, 0.3) is 0 Å². The molecule has 1 unspecified atom stereocenters. The summed E-state index contributed by atoms with van der Waals surface area (Å²) in [5.41, 5.74) is 4.01. The number of benzene rings is 3. The fourth-order valence-electron chi connectivity index (χ4n) is 4.92. The Balaban J connectivity index is 1.60. The van der Waals surface area contributed by atoms with Crippen molar-refractivity contribution in [1.29, 1.82) is 0 Å². The lowest BCUT2D eigenvalue weighted by atomic mass is 10.0. The summed E-state index contributed by atoms with van der Waals surface area (Å²) in [7, 11) is 0. The summed E-state index contributed by atoms with van der Waals surface area (Å²) in [6, 6.07) is 22.9. The Morgan fingerprint density at radius 1 is 0.947 bits per heavy atom. The molecular formula is C31H34Cl2N2O2S. The number of halogens is 2. The summed E-state index contributed by atoms with van der Waals surface area (Å²) < 4.78 is 0. The van der Waals surface area contributed by atoms with Crippen LogP contribution < -0.4 is 5.32 Å². The fourth-order valence-corrected chi connectivity index (χ4v) is 6.29. The quantitative estimate of drug-likeness (QED) is 0.265. The summed E-state index contributed by atoms with van der Waals surface area (Å²) in [6.45, 7) is 2.23. The number of aryl methyl sites for hydroxylation is 1. The van der Waals surface area contributed by atoms with Gasteiger partial charge in [-0.1, -0.05) is 102 Å². The molecule has 4 rings (SSSR count). The normalized spacial score (nSPS) is 14.3. The topological polar surface area (TPSA) is 49.4 Å². The molecule has 0 radical (unpaired) electrons. The van der Waals surface area contributed by atoms with E-state index in [4.69, 9.17) is 23.2 Å². The van der Waals surface area contributed by atoms with Crippen LogP contribution in [0.1, 0.15) is 47.9 Å². The van der Waals surface area contributed by atoms with E-state index < -0.39 is 6.04 Å². The molecule has 1 atom stereocenters. The zero-order chi connectivity index (χ0) is 26.9. The Kier molecular flexibility index (Phi) is 10.6. The number of nitrogens with one attached hydrogen (secondary N) is 1. The van der Waals surface area contributed by atoms with Gasteiger partial charge in [-0.05, 0) is 43.0 Å². The molecule has 3 aromatic rings. The number of nitrogens with zero attached hydrogens (tertiary/aromatic N) is 1. The van der Waals surface area contributed by atoms with E-state index in [1.54, 1.807) is 34.9 Å². The molecular weight excluding hydrogens is 535 g/mol. The third kappa shape index (κ3) is 8.02. The van der Waals surface area contributed by atoms with Gasteiger partial charge in [0.2, 0.25) is 11.8 Å². The average Bonchev–Trinajstić information content (AvgIpc) is 3.41. The maximum atomic E-state index is 13.8. The highest BCUT2D eigenvalue weighted by molar-refractivity contribution is 7.99. The minimum Gasteiger partial charge on any atom is -0.352 e. The highest BCUT2D eigenvalue weighted by Crippen LogP contribution is 2.28. The van der Waals surface area contributed by atoms with Gasteiger partial charge in [-0.15, -0.1) is 11.8 Å². The Morgan fingerprint density at radius 2 is 1.61 bits per heavy atom. The maximum Gasteiger partial charge on any atom is 0.243 e. The van der Waals surface area contributed by atoms with E-state index in [1.165, 1.54) is 11.1 Å². The van der Waals surface area contributed by atoms with Crippen LogP contribution in [0.15, 0.2) is 72.8 Å². The van der Waals surface area contributed by atoms with E-state index in [-0.39, 0.29) is 30.2 Å². The van der Waals surface area contributed by atoms with Crippen LogP contribution in [0, 0.1) is 6.92 Å². The van der Waals surface area contributed by atoms with Crippen molar-refractivity contribution in [1.82, 2.24) is 10.2 Å². The molecule has 200 valence electrons. The molecule has 3 aromatic carbocycles. The van der Waals surface area contributed by atoms with Gasteiger partial charge in [-0.25, -0.2) is 0 Å². The van der Waals surface area contributed by atoms with E-state index in [2.05, 4.69) is 30.4 Å². The third-order valence-electron chi connectivity index (χ3n) is 6.94. The van der Waals surface area contributed by atoms with Crippen molar-refractivity contribution in [2.45, 2.75) is 63.4 Å². The van der Waals surface area contributed by atoms with E-state index in [0.29, 0.717) is 27.8 Å². The average molecular weight is 570 g/mol. The zero-order valence-corrected chi connectivity index (χ0v) is 24.0. The summed E-state index contributed by atoms with van der Waals surface area (Å²) in [6.07, 6.45) is 4.58. The van der Waals surface area contributed by atoms with Gasteiger partial charge in [0, 0.05) is 40.4 Å². The van der Waals surface area contributed by atoms with Gasteiger partial charge >= 0.3 is 0 Å². The van der Waals surface area contributed by atoms with Crippen molar-refractivity contribution < 1.29 is 9.59 Å². The minimum atomic E-state index is -0.683. The summed E-state index contributed by atoms with van der Waals surface area (Å²) >= 11 is 14.6. The molecule has 2 amide bonds. The predicted octanol–water partition coefficient (Wildman–Crippen LogP) is 7.23. The van der Waals surface area contributed by atoms with Crippen LogP contribution in [-0.2, 0) is 28.3 Å². The lowest BCUT2D eigenvalue weighted by Crippen LogP contribution is -2.52. The number of amides is 2. The van der Waals surface area contributed by atoms with Crippen molar-refractivity contribution >= 4 is 46.8 Å². The van der Waals surface area contributed by atoms with Gasteiger partial charge in [0.1, 0.15) is 6.04 Å². The number of rotatable bonds is 11. The summed E-state index contributed by atoms with van der Waals surface area (Å²) in [5.74, 6) is 0.728. The number of hydrogen-bond donors (Lipinski definition) is 1. The van der Waals surface area contributed by atoms with E-state index in [9.17, 15) is 9.59 Å². The van der Waals surface area contributed by atoms with Gasteiger partial charge < -0.3 is 10.2 Å². The maximum absolute atomic E-state index is 13.8. The molecule has 0 aromatic heterocycles. The highest BCUT2D eigenvalue weighted by Gasteiger charge is 2.32. The van der Waals surface area contributed by atoms with Crippen LogP contribution in [0.2, 0.25) is 10.0 Å². The molecule has 1 aliphatic rings. The van der Waals surface area contributed by atoms with Gasteiger partial charge in [0.05, 0.1) is 5.75 Å². The Labute approximate surface area is 240 Å². The first-order valence-electron chi connectivity index (χ1n) is 13.1. The number of thioether (sulfide) groups is 1. The molecule has 38 heavy (non-hydrogen) atoms. The third-order valence-corrected chi connectivity index (χ3v) is 8.64. The molecule has 4 nitrogen and oxygen atoms in total.